The van der Waals surface area contributed by atoms with Crippen LogP contribution in [0.4, 0.5) is 13.2 Å². The van der Waals surface area contributed by atoms with Crippen molar-refractivity contribution in [2.45, 2.75) is 19.2 Å². The second-order valence-corrected chi connectivity index (χ2v) is 2.75. The first-order valence-corrected chi connectivity index (χ1v) is 3.87. The second-order valence-electron chi connectivity index (χ2n) is 2.75. The highest BCUT2D eigenvalue weighted by atomic mass is 19.4. The van der Waals surface area contributed by atoms with Crippen LogP contribution in [0.25, 0.3) is 0 Å². The van der Waals surface area contributed by atoms with Crippen LogP contribution in [0.3, 0.4) is 0 Å². The van der Waals surface area contributed by atoms with Crippen LogP contribution in [-0.2, 0) is 9.53 Å². The normalized spacial score (nSPS) is 20.9. The Morgan fingerprint density at radius 2 is 1.86 bits per heavy atom. The molecule has 0 spiro atoms. The summed E-state index contributed by atoms with van der Waals surface area (Å²) in [5.74, 6) is -1.01. The Hall–Kier alpha value is -0.740. The molecule has 0 unspecified atom stereocenters. The number of hydrogen-bond acceptors (Lipinski definition) is 2. The molecule has 0 bridgehead atoms. The summed E-state index contributed by atoms with van der Waals surface area (Å²) in [6.45, 7) is 0.946. The van der Waals surface area contributed by atoms with Gasteiger partial charge in [-0.05, 0) is 25.7 Å². The van der Waals surface area contributed by atoms with Crippen molar-refractivity contribution >= 4 is 5.97 Å². The smallest absolute Gasteiger partial charge is 0.426 e. The van der Waals surface area contributed by atoms with Crippen molar-refractivity contribution in [2.75, 3.05) is 0 Å². The molecule has 0 N–H and O–H groups in total. The zero-order valence-corrected chi connectivity index (χ0v) is 7.34. The van der Waals surface area contributed by atoms with Gasteiger partial charge in [0.2, 0.25) is 6.10 Å². The van der Waals surface area contributed by atoms with Gasteiger partial charge >= 0.3 is 12.1 Å². The zero-order valence-electron chi connectivity index (χ0n) is 7.34. The molecular weight excluding hydrogens is 197 g/mol. The topological polar surface area (TPSA) is 26.3 Å². The minimum Gasteiger partial charge on any atom is -0.452 e. The Balaban J connectivity index is 2.65. The predicted octanol–water partition coefficient (Wildman–Crippen LogP) is 1.89. The molecular formula is C9H8F3O2. The van der Waals surface area contributed by atoms with E-state index >= 15 is 0 Å². The number of hydrogen-bond donors (Lipinski definition) is 0. The first-order valence-electron chi connectivity index (χ1n) is 3.87. The highest BCUT2D eigenvalue weighted by molar-refractivity contribution is 5.66. The molecule has 77 valence electrons. The maximum atomic E-state index is 12.4. The van der Waals surface area contributed by atoms with Crippen molar-refractivity contribution in [3.8, 4) is 0 Å². The van der Waals surface area contributed by atoms with E-state index in [1.807, 2.05) is 0 Å². The third-order valence-corrected chi connectivity index (χ3v) is 1.57. The highest BCUT2D eigenvalue weighted by Gasteiger charge is 2.48. The summed E-state index contributed by atoms with van der Waals surface area (Å²) >= 11 is 0. The lowest BCUT2D eigenvalue weighted by molar-refractivity contribution is -0.213. The number of rotatable bonds is 2. The molecule has 0 heterocycles. The number of carbonyl (C=O) groups is 1. The Kier molecular flexibility index (Phi) is 3.39. The van der Waals surface area contributed by atoms with Crippen molar-refractivity contribution in [1.29, 1.82) is 0 Å². The molecule has 0 aromatic rings. The van der Waals surface area contributed by atoms with E-state index in [9.17, 15) is 18.0 Å². The van der Waals surface area contributed by atoms with Gasteiger partial charge in [0.25, 0.3) is 0 Å². The summed E-state index contributed by atoms with van der Waals surface area (Å²) in [6.07, 6.45) is -1.29. The monoisotopic (exact) mass is 205 g/mol. The maximum absolute atomic E-state index is 12.4. The third kappa shape index (κ3) is 2.89. The lowest BCUT2D eigenvalue weighted by atomic mass is 10.0. The molecule has 0 aliphatic heterocycles. The molecule has 5 heteroatoms. The molecule has 0 amide bonds. The molecule has 1 rings (SSSR count). The lowest BCUT2D eigenvalue weighted by Gasteiger charge is -2.24. The molecule has 0 aromatic heterocycles. The quantitative estimate of drug-likeness (QED) is 0.643. The first kappa shape index (κ1) is 11.3. The molecule has 14 heavy (non-hydrogen) atoms. The summed E-state index contributed by atoms with van der Waals surface area (Å²) in [5.41, 5.74) is 0. The van der Waals surface area contributed by atoms with Crippen molar-refractivity contribution in [3.05, 3.63) is 31.6 Å². The average Bonchev–Trinajstić information content (AvgIpc) is 2.49. The van der Waals surface area contributed by atoms with Gasteiger partial charge in [0, 0.05) is 12.8 Å². The van der Waals surface area contributed by atoms with E-state index in [1.54, 1.807) is 0 Å². The summed E-state index contributed by atoms with van der Waals surface area (Å²) in [4.78, 5) is 10.5. The minimum absolute atomic E-state index is 0.0623. The largest absolute Gasteiger partial charge is 0.452 e. The Labute approximate surface area is 80.4 Å². The molecule has 1 fully saturated rings. The van der Waals surface area contributed by atoms with Crippen LogP contribution in [0.2, 0.25) is 0 Å². The fourth-order valence-electron chi connectivity index (χ4n) is 1.05. The standard InChI is InChI=1S/C9H8F3O2/c1-6(13)14-8(9(10,11)12)7-4-2-3-5-7/h2-5,8H,1H3/t8-/m1/s1. The van der Waals surface area contributed by atoms with E-state index in [1.165, 1.54) is 25.7 Å². The number of alkyl halides is 3. The SMILES string of the molecule is CC(=O)O[C@H]([C]1[CH][CH][CH][CH]1)C(F)(F)F. The van der Waals surface area contributed by atoms with Gasteiger partial charge in [-0.15, -0.1) is 0 Å². The molecule has 2 nitrogen and oxygen atoms in total. The molecule has 1 aliphatic carbocycles. The van der Waals surface area contributed by atoms with Crippen LogP contribution in [-0.4, -0.2) is 18.2 Å². The number of halogens is 3. The summed E-state index contributed by atoms with van der Waals surface area (Å²) in [6, 6.07) is 0. The summed E-state index contributed by atoms with van der Waals surface area (Å²) in [5, 5.41) is 0. The van der Waals surface area contributed by atoms with E-state index in [0.717, 1.165) is 6.92 Å². The molecule has 1 saturated carbocycles. The van der Waals surface area contributed by atoms with Crippen LogP contribution in [0, 0.1) is 31.6 Å². The highest BCUT2D eigenvalue weighted by Crippen LogP contribution is 2.37. The van der Waals surface area contributed by atoms with Crippen molar-refractivity contribution < 1.29 is 22.7 Å². The van der Waals surface area contributed by atoms with Gasteiger partial charge in [0.15, 0.2) is 0 Å². The zero-order chi connectivity index (χ0) is 10.8. The van der Waals surface area contributed by atoms with Gasteiger partial charge in [0.05, 0.1) is 0 Å². The molecule has 0 aromatic carbocycles. The van der Waals surface area contributed by atoms with Gasteiger partial charge < -0.3 is 4.74 Å². The van der Waals surface area contributed by atoms with E-state index in [2.05, 4.69) is 4.74 Å². The second kappa shape index (κ2) is 4.19. The number of carbonyl (C=O) groups excluding carboxylic acids is 1. The van der Waals surface area contributed by atoms with Crippen LogP contribution in [0.15, 0.2) is 0 Å². The fourth-order valence-corrected chi connectivity index (χ4v) is 1.05. The molecule has 0 saturated heterocycles. The van der Waals surface area contributed by atoms with Gasteiger partial charge in [0.1, 0.15) is 0 Å². The van der Waals surface area contributed by atoms with Crippen molar-refractivity contribution in [1.82, 2.24) is 0 Å². The van der Waals surface area contributed by atoms with Crippen LogP contribution in [0.5, 0.6) is 0 Å². The Morgan fingerprint density at radius 1 is 1.36 bits per heavy atom. The maximum Gasteiger partial charge on any atom is 0.426 e. The van der Waals surface area contributed by atoms with E-state index < -0.39 is 18.2 Å². The first-order chi connectivity index (χ1) is 6.41. The average molecular weight is 205 g/mol. The Bertz CT molecular complexity index is 207. The van der Waals surface area contributed by atoms with Gasteiger partial charge in [-0.3, -0.25) is 4.79 Å². The van der Waals surface area contributed by atoms with E-state index in [4.69, 9.17) is 0 Å². The van der Waals surface area contributed by atoms with Gasteiger partial charge in [-0.2, -0.15) is 13.2 Å². The van der Waals surface area contributed by atoms with Gasteiger partial charge in [-0.1, -0.05) is 0 Å². The van der Waals surface area contributed by atoms with Crippen molar-refractivity contribution in [3.63, 3.8) is 0 Å². The Morgan fingerprint density at radius 3 is 2.21 bits per heavy atom. The third-order valence-electron chi connectivity index (χ3n) is 1.57. The molecule has 1 aliphatic rings. The van der Waals surface area contributed by atoms with Crippen LogP contribution < -0.4 is 0 Å². The van der Waals surface area contributed by atoms with E-state index in [0.29, 0.717) is 0 Å². The minimum atomic E-state index is -4.57. The predicted molar refractivity (Wildman–Crippen MR) is 42.1 cm³/mol. The van der Waals surface area contributed by atoms with Crippen molar-refractivity contribution in [2.24, 2.45) is 0 Å². The molecule has 5 radical (unpaired) electrons. The summed E-state index contributed by atoms with van der Waals surface area (Å²) < 4.78 is 41.3. The van der Waals surface area contributed by atoms with Crippen LogP contribution >= 0.6 is 0 Å². The number of ether oxygens (including phenoxy) is 1. The molecule has 1 atom stereocenters. The van der Waals surface area contributed by atoms with Gasteiger partial charge in [-0.25, -0.2) is 0 Å². The lowest BCUT2D eigenvalue weighted by Crippen LogP contribution is -2.38. The fraction of sp³-hybridized carbons (Fsp3) is 0.333. The van der Waals surface area contributed by atoms with E-state index in [-0.39, 0.29) is 5.92 Å². The van der Waals surface area contributed by atoms with Crippen LogP contribution in [0.1, 0.15) is 6.92 Å². The summed E-state index contributed by atoms with van der Waals surface area (Å²) in [7, 11) is 0. The number of esters is 1.